The second-order valence-corrected chi connectivity index (χ2v) is 5.39. The number of aliphatic hydroxyl groups excluding tert-OH is 1. The fourth-order valence-electron chi connectivity index (χ4n) is 2.15. The van der Waals surface area contributed by atoms with Crippen molar-refractivity contribution in [3.63, 3.8) is 0 Å². The van der Waals surface area contributed by atoms with Crippen molar-refractivity contribution in [2.45, 2.75) is 6.54 Å². The largest absolute Gasteiger partial charge is 0.387 e. The Labute approximate surface area is 122 Å². The highest BCUT2D eigenvalue weighted by Crippen LogP contribution is 2.22. The predicted octanol–water partition coefficient (Wildman–Crippen LogP) is 1.63. The van der Waals surface area contributed by atoms with E-state index in [1.54, 1.807) is 11.0 Å². The van der Waals surface area contributed by atoms with Crippen molar-refractivity contribution in [3.8, 4) is 0 Å². The summed E-state index contributed by atoms with van der Waals surface area (Å²) in [7, 11) is 0. The van der Waals surface area contributed by atoms with Gasteiger partial charge in [-0.15, -0.1) is 0 Å². The zero-order chi connectivity index (χ0) is 13.8. The van der Waals surface area contributed by atoms with E-state index in [0.29, 0.717) is 23.1 Å². The lowest BCUT2D eigenvalue weighted by molar-refractivity contribution is -0.135. The molecule has 2 rings (SSSR count). The Bertz CT molecular complexity index is 460. The van der Waals surface area contributed by atoms with Crippen molar-refractivity contribution in [2.24, 2.45) is 0 Å². The number of hydrogen-bond acceptors (Lipinski definition) is 3. The molecule has 0 atom stereocenters. The number of aliphatic hydroxyl groups is 1. The van der Waals surface area contributed by atoms with Crippen molar-refractivity contribution in [1.29, 1.82) is 0 Å². The van der Waals surface area contributed by atoms with Crippen molar-refractivity contribution in [2.75, 3.05) is 32.8 Å². The second kappa shape index (κ2) is 6.57. The molecule has 0 saturated carbocycles. The van der Waals surface area contributed by atoms with E-state index in [4.69, 9.17) is 28.3 Å². The summed E-state index contributed by atoms with van der Waals surface area (Å²) < 4.78 is 0. The maximum atomic E-state index is 11.3. The van der Waals surface area contributed by atoms with Gasteiger partial charge in [0.2, 0.25) is 5.91 Å². The normalized spacial score (nSPS) is 16.7. The molecule has 1 aromatic carbocycles. The molecule has 1 amide bonds. The molecular weight excluding hydrogens is 287 g/mol. The molecule has 1 aromatic rings. The van der Waals surface area contributed by atoms with E-state index in [0.717, 1.165) is 25.2 Å². The fraction of sp³-hybridized carbons (Fsp3) is 0.462. The van der Waals surface area contributed by atoms with E-state index in [1.807, 2.05) is 12.1 Å². The van der Waals surface area contributed by atoms with Crippen molar-refractivity contribution in [3.05, 3.63) is 33.8 Å². The number of nitrogens with zero attached hydrogens (tertiary/aromatic N) is 2. The van der Waals surface area contributed by atoms with Gasteiger partial charge in [-0.05, 0) is 17.7 Å². The fourth-order valence-corrected chi connectivity index (χ4v) is 2.61. The molecule has 1 aliphatic rings. The predicted molar refractivity (Wildman–Crippen MR) is 75.4 cm³/mol. The van der Waals surface area contributed by atoms with Gasteiger partial charge in [-0.3, -0.25) is 9.69 Å². The van der Waals surface area contributed by atoms with Gasteiger partial charge in [-0.25, -0.2) is 0 Å². The van der Waals surface area contributed by atoms with Crippen molar-refractivity contribution < 1.29 is 9.90 Å². The molecule has 0 aromatic heterocycles. The van der Waals surface area contributed by atoms with Crippen LogP contribution in [0.2, 0.25) is 10.0 Å². The van der Waals surface area contributed by atoms with Crippen LogP contribution in [0.15, 0.2) is 18.2 Å². The van der Waals surface area contributed by atoms with Crippen LogP contribution in [0.3, 0.4) is 0 Å². The van der Waals surface area contributed by atoms with Crippen molar-refractivity contribution in [1.82, 2.24) is 9.80 Å². The maximum Gasteiger partial charge on any atom is 0.248 e. The van der Waals surface area contributed by atoms with Crippen LogP contribution in [0.1, 0.15) is 5.56 Å². The first-order valence-electron chi connectivity index (χ1n) is 6.15. The molecule has 6 heteroatoms. The summed E-state index contributed by atoms with van der Waals surface area (Å²) in [6.07, 6.45) is 0. The van der Waals surface area contributed by atoms with Gasteiger partial charge in [0, 0.05) is 42.8 Å². The Morgan fingerprint density at radius 3 is 2.47 bits per heavy atom. The molecule has 1 saturated heterocycles. The highest BCUT2D eigenvalue weighted by atomic mass is 35.5. The van der Waals surface area contributed by atoms with Crippen LogP contribution >= 0.6 is 23.2 Å². The first kappa shape index (κ1) is 14.6. The van der Waals surface area contributed by atoms with Crippen LogP contribution in [0.25, 0.3) is 0 Å². The molecule has 19 heavy (non-hydrogen) atoms. The standard InChI is InChI=1S/C13H16Cl2N2O2/c14-11-2-1-10(12(15)7-11)8-16-3-5-17(6-4-16)13(19)9-18/h1-2,7,18H,3-6,8-9H2. The number of rotatable bonds is 3. The Balaban J connectivity index is 1.90. The molecular formula is C13H16Cl2N2O2. The highest BCUT2D eigenvalue weighted by molar-refractivity contribution is 6.35. The average Bonchev–Trinajstić information content (AvgIpc) is 2.42. The van der Waals surface area contributed by atoms with Gasteiger partial charge < -0.3 is 10.0 Å². The molecule has 0 bridgehead atoms. The Morgan fingerprint density at radius 2 is 1.89 bits per heavy atom. The van der Waals surface area contributed by atoms with Crippen LogP contribution in [0, 0.1) is 0 Å². The lowest BCUT2D eigenvalue weighted by Gasteiger charge is -2.34. The molecule has 1 fully saturated rings. The lowest BCUT2D eigenvalue weighted by Crippen LogP contribution is -2.49. The van der Waals surface area contributed by atoms with Gasteiger partial charge in [-0.2, -0.15) is 0 Å². The molecule has 1 N–H and O–H groups in total. The summed E-state index contributed by atoms with van der Waals surface area (Å²) in [5.41, 5.74) is 1.04. The van der Waals surface area contributed by atoms with E-state index in [2.05, 4.69) is 4.90 Å². The van der Waals surface area contributed by atoms with E-state index in [9.17, 15) is 4.79 Å². The van der Waals surface area contributed by atoms with E-state index < -0.39 is 6.61 Å². The molecule has 1 heterocycles. The summed E-state index contributed by atoms with van der Waals surface area (Å²) in [4.78, 5) is 15.3. The molecule has 4 nitrogen and oxygen atoms in total. The van der Waals surface area contributed by atoms with Crippen LogP contribution in [-0.4, -0.2) is 53.6 Å². The molecule has 0 radical (unpaired) electrons. The molecule has 0 unspecified atom stereocenters. The summed E-state index contributed by atoms with van der Waals surface area (Å²) in [6, 6.07) is 5.49. The molecule has 0 aliphatic carbocycles. The number of hydrogen-bond donors (Lipinski definition) is 1. The van der Waals surface area contributed by atoms with E-state index in [-0.39, 0.29) is 5.91 Å². The molecule has 104 valence electrons. The third kappa shape index (κ3) is 3.83. The third-order valence-electron chi connectivity index (χ3n) is 3.27. The SMILES string of the molecule is O=C(CO)N1CCN(Cc2ccc(Cl)cc2Cl)CC1. The number of amides is 1. The average molecular weight is 303 g/mol. The maximum absolute atomic E-state index is 11.3. The second-order valence-electron chi connectivity index (χ2n) is 4.55. The van der Waals surface area contributed by atoms with Gasteiger partial charge in [-0.1, -0.05) is 29.3 Å². The van der Waals surface area contributed by atoms with E-state index in [1.165, 1.54) is 0 Å². The third-order valence-corrected chi connectivity index (χ3v) is 3.86. The molecule has 1 aliphatic heterocycles. The van der Waals surface area contributed by atoms with Crippen LogP contribution in [0.5, 0.6) is 0 Å². The first-order chi connectivity index (χ1) is 9.10. The summed E-state index contributed by atoms with van der Waals surface area (Å²) >= 11 is 12.0. The minimum absolute atomic E-state index is 0.204. The highest BCUT2D eigenvalue weighted by Gasteiger charge is 2.20. The summed E-state index contributed by atoms with van der Waals surface area (Å²) in [5, 5.41) is 10.1. The zero-order valence-corrected chi connectivity index (χ0v) is 12.0. The lowest BCUT2D eigenvalue weighted by atomic mass is 10.2. The van der Waals surface area contributed by atoms with Crippen LogP contribution < -0.4 is 0 Å². The van der Waals surface area contributed by atoms with Gasteiger partial charge >= 0.3 is 0 Å². The minimum Gasteiger partial charge on any atom is -0.387 e. The van der Waals surface area contributed by atoms with E-state index >= 15 is 0 Å². The Morgan fingerprint density at radius 1 is 1.21 bits per heavy atom. The zero-order valence-electron chi connectivity index (χ0n) is 10.5. The quantitative estimate of drug-likeness (QED) is 0.923. The summed E-state index contributed by atoms with van der Waals surface area (Å²) in [6.45, 7) is 3.19. The number of carbonyl (C=O) groups excluding carboxylic acids is 1. The van der Waals surface area contributed by atoms with Crippen LogP contribution in [0.4, 0.5) is 0 Å². The van der Waals surface area contributed by atoms with Gasteiger partial charge in [0.25, 0.3) is 0 Å². The van der Waals surface area contributed by atoms with Gasteiger partial charge in [0.05, 0.1) is 0 Å². The smallest absolute Gasteiger partial charge is 0.248 e. The molecule has 0 spiro atoms. The minimum atomic E-state index is -0.414. The number of halogens is 2. The number of benzene rings is 1. The topological polar surface area (TPSA) is 43.8 Å². The van der Waals surface area contributed by atoms with Crippen LogP contribution in [-0.2, 0) is 11.3 Å². The monoisotopic (exact) mass is 302 g/mol. The van der Waals surface area contributed by atoms with Gasteiger partial charge in [0.1, 0.15) is 6.61 Å². The summed E-state index contributed by atoms with van der Waals surface area (Å²) in [5.74, 6) is -0.204. The number of piperazine rings is 1. The Kier molecular flexibility index (Phi) is 5.05. The number of carbonyl (C=O) groups is 1. The Hall–Kier alpha value is -0.810. The first-order valence-corrected chi connectivity index (χ1v) is 6.90. The van der Waals surface area contributed by atoms with Crippen molar-refractivity contribution >= 4 is 29.1 Å². The van der Waals surface area contributed by atoms with Gasteiger partial charge in [0.15, 0.2) is 0 Å².